The normalized spacial score (nSPS) is 22.2. The predicted molar refractivity (Wildman–Crippen MR) is 98.3 cm³/mol. The molecule has 0 N–H and O–H groups in total. The van der Waals surface area contributed by atoms with Gasteiger partial charge in [-0.1, -0.05) is 0 Å². The number of carbonyl (C=O) groups is 1. The molecule has 2 fully saturated rings. The zero-order chi connectivity index (χ0) is 17.4. The molecule has 0 aliphatic carbocycles. The molecule has 0 saturated carbocycles. The highest BCUT2D eigenvalue weighted by atomic mass is 32.1. The summed E-state index contributed by atoms with van der Waals surface area (Å²) in [4.78, 5) is 20.8. The highest BCUT2D eigenvalue weighted by Gasteiger charge is 2.49. The van der Waals surface area contributed by atoms with Crippen LogP contribution in [0.15, 0.2) is 17.5 Å². The molecule has 7 heteroatoms. The lowest BCUT2D eigenvalue weighted by Crippen LogP contribution is -2.67. The first-order valence-electron chi connectivity index (χ1n) is 8.55. The molecule has 2 aromatic rings. The molecule has 1 spiro atoms. The van der Waals surface area contributed by atoms with Gasteiger partial charge in [-0.2, -0.15) is 0 Å². The van der Waals surface area contributed by atoms with Gasteiger partial charge in [-0.25, -0.2) is 4.98 Å². The van der Waals surface area contributed by atoms with E-state index in [0.29, 0.717) is 26.3 Å². The highest BCUT2D eigenvalue weighted by molar-refractivity contribution is 7.13. The van der Waals surface area contributed by atoms with E-state index in [-0.39, 0.29) is 17.6 Å². The maximum absolute atomic E-state index is 12.5. The molecule has 2 aliphatic rings. The Morgan fingerprint density at radius 1 is 1.44 bits per heavy atom. The van der Waals surface area contributed by atoms with Gasteiger partial charge in [-0.05, 0) is 32.4 Å². The van der Waals surface area contributed by atoms with Crippen molar-refractivity contribution in [3.63, 3.8) is 0 Å². The Labute approximate surface area is 155 Å². The van der Waals surface area contributed by atoms with E-state index in [1.165, 1.54) is 4.88 Å². The van der Waals surface area contributed by atoms with Crippen molar-refractivity contribution in [3.8, 4) is 0 Å². The first-order valence-corrected chi connectivity index (χ1v) is 10.2. The molecular weight excluding hydrogens is 356 g/mol. The number of likely N-dealkylation sites (tertiary alicyclic amines) is 1. The first-order chi connectivity index (χ1) is 12.0. The van der Waals surface area contributed by atoms with Crippen LogP contribution in [-0.4, -0.2) is 47.2 Å². The van der Waals surface area contributed by atoms with Crippen molar-refractivity contribution < 1.29 is 14.3 Å². The Balaban J connectivity index is 1.30. The van der Waals surface area contributed by atoms with E-state index in [4.69, 9.17) is 9.47 Å². The molecule has 5 nitrogen and oxygen atoms in total. The van der Waals surface area contributed by atoms with E-state index in [0.717, 1.165) is 28.4 Å². The molecular formula is C18H22N2O3S2. The van der Waals surface area contributed by atoms with Crippen LogP contribution < -0.4 is 0 Å². The van der Waals surface area contributed by atoms with Crippen molar-refractivity contribution in [1.82, 2.24) is 9.88 Å². The molecule has 0 bridgehead atoms. The largest absolute Gasteiger partial charge is 0.372 e. The standard InChI is InChI=1S/C18H22N2O3S2/c1-12-3-4-16(25-12)17(21)20-10-18(11-20)7-15(5-6-23-18)22-8-14-9-24-13(2)19-14/h3-4,9,15H,5-8,10-11H2,1-2H3/t15-/m0/s1. The second kappa shape index (κ2) is 6.79. The lowest BCUT2D eigenvalue weighted by atomic mass is 9.84. The van der Waals surface area contributed by atoms with Crippen molar-refractivity contribution in [2.45, 2.75) is 45.0 Å². The third-order valence-electron chi connectivity index (χ3n) is 4.78. The molecule has 1 atom stereocenters. The van der Waals surface area contributed by atoms with Gasteiger partial charge in [-0.3, -0.25) is 4.79 Å². The second-order valence-corrected chi connectivity index (χ2v) is 9.24. The zero-order valence-corrected chi connectivity index (χ0v) is 16.1. The molecule has 2 aromatic heterocycles. The quantitative estimate of drug-likeness (QED) is 0.818. The molecule has 25 heavy (non-hydrogen) atoms. The number of amides is 1. The minimum absolute atomic E-state index is 0.119. The number of hydrogen-bond acceptors (Lipinski definition) is 6. The number of carbonyl (C=O) groups excluding carboxylic acids is 1. The summed E-state index contributed by atoms with van der Waals surface area (Å²) in [6.45, 7) is 6.61. The summed E-state index contributed by atoms with van der Waals surface area (Å²) in [5, 5.41) is 3.12. The lowest BCUT2D eigenvalue weighted by molar-refractivity contribution is -0.188. The summed E-state index contributed by atoms with van der Waals surface area (Å²) in [7, 11) is 0. The van der Waals surface area contributed by atoms with Crippen LogP contribution in [0.4, 0.5) is 0 Å². The number of ether oxygens (including phenoxy) is 2. The number of thiazole rings is 1. The van der Waals surface area contributed by atoms with Crippen molar-refractivity contribution in [2.24, 2.45) is 0 Å². The molecule has 4 rings (SSSR count). The highest BCUT2D eigenvalue weighted by Crippen LogP contribution is 2.36. The summed E-state index contributed by atoms with van der Waals surface area (Å²) in [6.07, 6.45) is 1.93. The summed E-state index contributed by atoms with van der Waals surface area (Å²) in [6, 6.07) is 3.91. The van der Waals surface area contributed by atoms with Gasteiger partial charge >= 0.3 is 0 Å². The Morgan fingerprint density at radius 2 is 2.28 bits per heavy atom. The average Bonchev–Trinajstić information content (AvgIpc) is 3.18. The van der Waals surface area contributed by atoms with Gasteiger partial charge in [-0.15, -0.1) is 22.7 Å². The fourth-order valence-electron chi connectivity index (χ4n) is 3.52. The minimum Gasteiger partial charge on any atom is -0.372 e. The number of aromatic nitrogens is 1. The van der Waals surface area contributed by atoms with Gasteiger partial charge in [0.1, 0.15) is 5.60 Å². The predicted octanol–water partition coefficient (Wildman–Crippen LogP) is 3.41. The Hall–Kier alpha value is -1.28. The summed E-state index contributed by atoms with van der Waals surface area (Å²) in [5.74, 6) is 0.119. The summed E-state index contributed by atoms with van der Waals surface area (Å²) < 4.78 is 12.1. The van der Waals surface area contributed by atoms with Gasteiger partial charge in [0.05, 0.1) is 41.4 Å². The maximum Gasteiger partial charge on any atom is 0.264 e. The van der Waals surface area contributed by atoms with Gasteiger partial charge < -0.3 is 14.4 Å². The summed E-state index contributed by atoms with van der Waals surface area (Å²) in [5.41, 5.74) is 0.782. The number of hydrogen-bond donors (Lipinski definition) is 0. The third kappa shape index (κ3) is 3.65. The molecule has 4 heterocycles. The first kappa shape index (κ1) is 17.1. The van der Waals surface area contributed by atoms with Crippen molar-refractivity contribution >= 4 is 28.6 Å². The van der Waals surface area contributed by atoms with E-state index in [1.54, 1.807) is 22.7 Å². The number of aryl methyl sites for hydroxylation is 2. The fraction of sp³-hybridized carbons (Fsp3) is 0.556. The van der Waals surface area contributed by atoms with Gasteiger partial charge in [0.15, 0.2) is 0 Å². The zero-order valence-electron chi connectivity index (χ0n) is 14.5. The number of nitrogens with zero attached hydrogens (tertiary/aromatic N) is 2. The maximum atomic E-state index is 12.5. The Morgan fingerprint density at radius 3 is 2.96 bits per heavy atom. The van der Waals surface area contributed by atoms with Gasteiger partial charge in [0.2, 0.25) is 0 Å². The van der Waals surface area contributed by atoms with Crippen molar-refractivity contribution in [3.05, 3.63) is 38.0 Å². The van der Waals surface area contributed by atoms with Crippen LogP contribution in [0.1, 0.15) is 38.1 Å². The van der Waals surface area contributed by atoms with Crippen molar-refractivity contribution in [2.75, 3.05) is 19.7 Å². The second-order valence-electron chi connectivity index (χ2n) is 6.89. The van der Waals surface area contributed by atoms with Crippen LogP contribution in [-0.2, 0) is 16.1 Å². The minimum atomic E-state index is -0.219. The number of thiophene rings is 1. The van der Waals surface area contributed by atoms with Crippen LogP contribution >= 0.6 is 22.7 Å². The monoisotopic (exact) mass is 378 g/mol. The number of rotatable bonds is 4. The van der Waals surface area contributed by atoms with Crippen LogP contribution in [0, 0.1) is 13.8 Å². The van der Waals surface area contributed by atoms with Crippen LogP contribution in [0.5, 0.6) is 0 Å². The van der Waals surface area contributed by atoms with E-state index in [9.17, 15) is 4.79 Å². The molecule has 134 valence electrons. The molecule has 1 amide bonds. The molecule has 2 saturated heterocycles. The molecule has 0 unspecified atom stereocenters. The topological polar surface area (TPSA) is 51.7 Å². The molecule has 2 aliphatic heterocycles. The average molecular weight is 379 g/mol. The molecule has 0 radical (unpaired) electrons. The van der Waals surface area contributed by atoms with Crippen molar-refractivity contribution in [1.29, 1.82) is 0 Å². The van der Waals surface area contributed by atoms with Gasteiger partial charge in [0, 0.05) is 23.3 Å². The van der Waals surface area contributed by atoms with Gasteiger partial charge in [0.25, 0.3) is 5.91 Å². The van der Waals surface area contributed by atoms with Crippen LogP contribution in [0.25, 0.3) is 0 Å². The Kier molecular flexibility index (Phi) is 4.66. The molecule has 0 aromatic carbocycles. The van der Waals surface area contributed by atoms with Crippen LogP contribution in [0.2, 0.25) is 0 Å². The lowest BCUT2D eigenvalue weighted by Gasteiger charge is -2.52. The Bertz CT molecular complexity index is 764. The smallest absolute Gasteiger partial charge is 0.264 e. The van der Waals surface area contributed by atoms with Crippen LogP contribution in [0.3, 0.4) is 0 Å². The fourth-order valence-corrected chi connectivity index (χ4v) is 4.95. The van der Waals surface area contributed by atoms with E-state index in [2.05, 4.69) is 10.4 Å². The summed E-state index contributed by atoms with van der Waals surface area (Å²) >= 11 is 3.20. The third-order valence-corrected chi connectivity index (χ3v) is 6.59. The SMILES string of the molecule is Cc1ccc(C(=O)N2CC3(C[C@@H](OCc4csc(C)n4)CCO3)C2)s1. The van der Waals surface area contributed by atoms with E-state index in [1.807, 2.05) is 30.9 Å². The van der Waals surface area contributed by atoms with E-state index < -0.39 is 0 Å². The van der Waals surface area contributed by atoms with E-state index >= 15 is 0 Å².